The van der Waals surface area contributed by atoms with Crippen molar-refractivity contribution in [3.05, 3.63) is 68.7 Å². The number of nitrogens with zero attached hydrogens (tertiary/aromatic N) is 2. The largest absolute Gasteiger partial charge is 0.306 e. The molecule has 0 aromatic heterocycles. The highest BCUT2D eigenvalue weighted by molar-refractivity contribution is 6.31. The maximum Gasteiger partial charge on any atom is 0.293 e. The van der Waals surface area contributed by atoms with Crippen molar-refractivity contribution in [2.45, 2.75) is 12.8 Å². The number of nitro benzene ring substituents is 1. The summed E-state index contributed by atoms with van der Waals surface area (Å²) in [6.07, 6.45) is 0.760. The second kappa shape index (κ2) is 5.77. The minimum absolute atomic E-state index is 0.0255. The standard InChI is InChI=1S/C16H13ClN2O3/c17-13-6-2-1-4-12(13)10-15(20)18-9-8-11-5-3-7-14(16(11)18)19(21)22/h1-7H,8-10H2. The predicted octanol–water partition coefficient (Wildman–Crippen LogP) is 3.38. The molecule has 1 aliphatic rings. The van der Waals surface area contributed by atoms with Crippen LogP contribution in [-0.2, 0) is 17.6 Å². The van der Waals surface area contributed by atoms with E-state index >= 15 is 0 Å². The first kappa shape index (κ1) is 14.5. The number of halogens is 1. The van der Waals surface area contributed by atoms with Crippen LogP contribution in [0.25, 0.3) is 0 Å². The fraction of sp³-hybridized carbons (Fsp3) is 0.188. The second-order valence-electron chi connectivity index (χ2n) is 5.11. The van der Waals surface area contributed by atoms with Crippen molar-refractivity contribution >= 4 is 28.9 Å². The Balaban J connectivity index is 1.92. The van der Waals surface area contributed by atoms with Gasteiger partial charge in [0.05, 0.1) is 11.3 Å². The van der Waals surface area contributed by atoms with E-state index in [1.165, 1.54) is 11.0 Å². The van der Waals surface area contributed by atoms with Crippen LogP contribution in [0.15, 0.2) is 42.5 Å². The molecule has 2 aromatic rings. The Morgan fingerprint density at radius 3 is 2.73 bits per heavy atom. The Bertz CT molecular complexity index is 761. The third kappa shape index (κ3) is 2.55. The van der Waals surface area contributed by atoms with E-state index in [2.05, 4.69) is 0 Å². The Hall–Kier alpha value is -2.40. The van der Waals surface area contributed by atoms with E-state index in [0.29, 0.717) is 23.7 Å². The third-order valence-corrected chi connectivity index (χ3v) is 4.14. The normalized spacial score (nSPS) is 13.0. The number of rotatable bonds is 3. The van der Waals surface area contributed by atoms with Gasteiger partial charge in [0.2, 0.25) is 5.91 Å². The lowest BCUT2D eigenvalue weighted by Gasteiger charge is -2.17. The molecule has 0 saturated heterocycles. The zero-order valence-electron chi connectivity index (χ0n) is 11.7. The van der Waals surface area contributed by atoms with E-state index in [0.717, 1.165) is 11.1 Å². The van der Waals surface area contributed by atoms with Gasteiger partial charge in [-0.3, -0.25) is 14.9 Å². The van der Waals surface area contributed by atoms with Gasteiger partial charge in [0.25, 0.3) is 5.69 Å². The van der Waals surface area contributed by atoms with E-state index in [9.17, 15) is 14.9 Å². The van der Waals surface area contributed by atoms with Gasteiger partial charge in [-0.2, -0.15) is 0 Å². The quantitative estimate of drug-likeness (QED) is 0.644. The first-order valence-electron chi connectivity index (χ1n) is 6.88. The van der Waals surface area contributed by atoms with Crippen molar-refractivity contribution in [1.29, 1.82) is 0 Å². The third-order valence-electron chi connectivity index (χ3n) is 3.77. The molecule has 0 aliphatic carbocycles. The summed E-state index contributed by atoms with van der Waals surface area (Å²) in [4.78, 5) is 24.8. The SMILES string of the molecule is O=C(Cc1ccccc1Cl)N1CCc2cccc([N+](=O)[O-])c21. The zero-order valence-corrected chi connectivity index (χ0v) is 12.4. The number of carbonyl (C=O) groups excluding carboxylic acids is 1. The lowest BCUT2D eigenvalue weighted by molar-refractivity contribution is -0.384. The van der Waals surface area contributed by atoms with E-state index in [1.807, 2.05) is 12.1 Å². The molecular formula is C16H13ClN2O3. The summed E-state index contributed by atoms with van der Waals surface area (Å²) in [5.41, 5.74) is 1.95. The molecule has 2 aromatic carbocycles. The number of nitro groups is 1. The van der Waals surface area contributed by atoms with Crippen LogP contribution < -0.4 is 4.90 Å². The van der Waals surface area contributed by atoms with Gasteiger partial charge in [-0.25, -0.2) is 0 Å². The lowest BCUT2D eigenvalue weighted by Crippen LogP contribution is -2.30. The molecule has 5 nitrogen and oxygen atoms in total. The van der Waals surface area contributed by atoms with Gasteiger partial charge in [0.1, 0.15) is 5.69 Å². The van der Waals surface area contributed by atoms with Crippen LogP contribution in [0.3, 0.4) is 0 Å². The molecule has 0 fully saturated rings. The topological polar surface area (TPSA) is 63.5 Å². The number of anilines is 1. The number of benzene rings is 2. The maximum absolute atomic E-state index is 12.5. The molecule has 6 heteroatoms. The molecule has 0 N–H and O–H groups in total. The highest BCUT2D eigenvalue weighted by Gasteiger charge is 2.31. The molecule has 22 heavy (non-hydrogen) atoms. The van der Waals surface area contributed by atoms with Gasteiger partial charge in [0.15, 0.2) is 0 Å². The molecule has 0 bridgehead atoms. The van der Waals surface area contributed by atoms with E-state index in [1.54, 1.807) is 24.3 Å². The summed E-state index contributed by atoms with van der Waals surface area (Å²) in [6, 6.07) is 12.0. The average molecular weight is 317 g/mol. The first-order valence-corrected chi connectivity index (χ1v) is 7.26. The predicted molar refractivity (Wildman–Crippen MR) is 84.3 cm³/mol. The Morgan fingerprint density at radius 1 is 1.23 bits per heavy atom. The lowest BCUT2D eigenvalue weighted by atomic mass is 10.1. The summed E-state index contributed by atoms with van der Waals surface area (Å²) in [7, 11) is 0. The molecule has 0 radical (unpaired) electrons. The minimum atomic E-state index is -0.445. The molecule has 1 heterocycles. The number of fused-ring (bicyclic) bond motifs is 1. The van der Waals surface area contributed by atoms with Gasteiger partial charge in [0, 0.05) is 17.6 Å². The number of amides is 1. The molecule has 1 aliphatic heterocycles. The fourth-order valence-electron chi connectivity index (χ4n) is 2.73. The van der Waals surface area contributed by atoms with Crippen molar-refractivity contribution in [2.75, 3.05) is 11.4 Å². The molecule has 0 saturated carbocycles. The highest BCUT2D eigenvalue weighted by Crippen LogP contribution is 2.37. The van der Waals surface area contributed by atoms with E-state index in [4.69, 9.17) is 11.6 Å². The molecule has 0 atom stereocenters. The molecule has 0 spiro atoms. The Kier molecular flexibility index (Phi) is 3.81. The first-order chi connectivity index (χ1) is 10.6. The number of para-hydroxylation sites is 1. The maximum atomic E-state index is 12.5. The van der Waals surface area contributed by atoms with Crippen molar-refractivity contribution in [3.8, 4) is 0 Å². The summed E-state index contributed by atoms with van der Waals surface area (Å²) in [5.74, 6) is -0.179. The number of hydrogen-bond acceptors (Lipinski definition) is 3. The Morgan fingerprint density at radius 2 is 2.00 bits per heavy atom. The minimum Gasteiger partial charge on any atom is -0.306 e. The van der Waals surface area contributed by atoms with Crippen molar-refractivity contribution in [2.24, 2.45) is 0 Å². The Labute approximate surface area is 132 Å². The van der Waals surface area contributed by atoms with Gasteiger partial charge < -0.3 is 4.90 Å². The summed E-state index contributed by atoms with van der Waals surface area (Å²) in [6.45, 7) is 0.462. The molecule has 1 amide bonds. The van der Waals surface area contributed by atoms with Crippen LogP contribution in [0.4, 0.5) is 11.4 Å². The molecule has 0 unspecified atom stereocenters. The van der Waals surface area contributed by atoms with Crippen molar-refractivity contribution in [3.63, 3.8) is 0 Å². The van der Waals surface area contributed by atoms with Crippen LogP contribution in [0.5, 0.6) is 0 Å². The molecular weight excluding hydrogens is 304 g/mol. The molecule has 112 valence electrons. The highest BCUT2D eigenvalue weighted by atomic mass is 35.5. The van der Waals surface area contributed by atoms with Crippen LogP contribution in [0.1, 0.15) is 11.1 Å². The van der Waals surface area contributed by atoms with Crippen LogP contribution in [-0.4, -0.2) is 17.4 Å². The van der Waals surface area contributed by atoms with Gasteiger partial charge in [-0.1, -0.05) is 41.9 Å². The number of hydrogen-bond donors (Lipinski definition) is 0. The van der Waals surface area contributed by atoms with E-state index in [-0.39, 0.29) is 18.0 Å². The molecule has 3 rings (SSSR count). The average Bonchev–Trinajstić information content (AvgIpc) is 2.93. The van der Waals surface area contributed by atoms with Gasteiger partial charge >= 0.3 is 0 Å². The van der Waals surface area contributed by atoms with E-state index < -0.39 is 4.92 Å². The van der Waals surface area contributed by atoms with Crippen LogP contribution >= 0.6 is 11.6 Å². The smallest absolute Gasteiger partial charge is 0.293 e. The summed E-state index contributed by atoms with van der Waals surface area (Å²) in [5, 5.41) is 11.7. The second-order valence-corrected chi connectivity index (χ2v) is 5.51. The number of carbonyl (C=O) groups is 1. The van der Waals surface area contributed by atoms with Crippen LogP contribution in [0, 0.1) is 10.1 Å². The van der Waals surface area contributed by atoms with Gasteiger partial charge in [-0.15, -0.1) is 0 Å². The monoisotopic (exact) mass is 316 g/mol. The summed E-state index contributed by atoms with van der Waals surface area (Å²) >= 11 is 6.08. The zero-order chi connectivity index (χ0) is 15.7. The fourth-order valence-corrected chi connectivity index (χ4v) is 2.93. The van der Waals surface area contributed by atoms with Gasteiger partial charge in [-0.05, 0) is 23.6 Å². The van der Waals surface area contributed by atoms with Crippen LogP contribution in [0.2, 0.25) is 5.02 Å². The van der Waals surface area contributed by atoms with Crippen molar-refractivity contribution < 1.29 is 9.72 Å². The van der Waals surface area contributed by atoms with Crippen molar-refractivity contribution in [1.82, 2.24) is 0 Å². The summed E-state index contributed by atoms with van der Waals surface area (Å²) < 4.78 is 0.